The Labute approximate surface area is 191 Å². The Hall–Kier alpha value is -2.84. The van der Waals surface area contributed by atoms with Crippen LogP contribution >= 0.6 is 15.9 Å². The van der Waals surface area contributed by atoms with Crippen LogP contribution in [0.2, 0.25) is 0 Å². The van der Waals surface area contributed by atoms with Crippen molar-refractivity contribution in [3.8, 4) is 11.5 Å². The van der Waals surface area contributed by atoms with Crippen LogP contribution in [0.1, 0.15) is 23.6 Å². The highest BCUT2D eigenvalue weighted by atomic mass is 79.9. The van der Waals surface area contributed by atoms with Crippen LogP contribution in [0.5, 0.6) is 11.5 Å². The average Bonchev–Trinajstić information content (AvgIpc) is 2.75. The fourth-order valence-electron chi connectivity index (χ4n) is 2.67. The lowest BCUT2D eigenvalue weighted by Gasteiger charge is -2.12. The molecule has 0 aliphatic rings. The number of aryl methyl sites for hydroxylation is 1. The molecule has 6 nitrogen and oxygen atoms in total. The number of benzene rings is 3. The Morgan fingerprint density at radius 3 is 2.35 bits per heavy atom. The Balaban J connectivity index is 1.69. The third-order valence-electron chi connectivity index (χ3n) is 4.29. The van der Waals surface area contributed by atoms with Crippen molar-refractivity contribution in [1.29, 1.82) is 0 Å². The van der Waals surface area contributed by atoms with Gasteiger partial charge in [0.2, 0.25) is 0 Å². The van der Waals surface area contributed by atoms with Gasteiger partial charge in [-0.1, -0.05) is 45.8 Å². The fraction of sp³-hybridized carbons (Fsp3) is 0.174. The summed E-state index contributed by atoms with van der Waals surface area (Å²) in [5.41, 5.74) is 2.68. The topological polar surface area (TPSA) is 77.0 Å². The van der Waals surface area contributed by atoms with E-state index in [0.29, 0.717) is 30.3 Å². The Morgan fingerprint density at radius 2 is 1.68 bits per heavy atom. The first kappa shape index (κ1) is 22.8. The first-order valence-electron chi connectivity index (χ1n) is 9.63. The maximum atomic E-state index is 12.3. The second kappa shape index (κ2) is 10.5. The van der Waals surface area contributed by atoms with Gasteiger partial charge in [-0.25, -0.2) is 4.83 Å². The van der Waals surface area contributed by atoms with Crippen molar-refractivity contribution < 1.29 is 17.9 Å². The number of hydrogen-bond donors (Lipinski definition) is 1. The molecule has 0 saturated heterocycles. The molecule has 1 N–H and O–H groups in total. The van der Waals surface area contributed by atoms with E-state index in [4.69, 9.17) is 9.47 Å². The monoisotopic (exact) mass is 502 g/mol. The van der Waals surface area contributed by atoms with Crippen LogP contribution in [-0.2, 0) is 16.6 Å². The molecule has 0 unspecified atom stereocenters. The molecule has 0 saturated carbocycles. The molecular formula is C23H23BrN2O4S. The summed E-state index contributed by atoms with van der Waals surface area (Å²) in [6.07, 6.45) is 1.42. The van der Waals surface area contributed by atoms with Crippen LogP contribution in [0.15, 0.2) is 81.2 Å². The quantitative estimate of drug-likeness (QED) is 0.328. The van der Waals surface area contributed by atoms with Crippen molar-refractivity contribution in [2.24, 2.45) is 5.10 Å². The van der Waals surface area contributed by atoms with Crippen LogP contribution in [0.25, 0.3) is 0 Å². The van der Waals surface area contributed by atoms with Gasteiger partial charge in [0.15, 0.2) is 11.5 Å². The molecule has 3 aromatic rings. The summed E-state index contributed by atoms with van der Waals surface area (Å²) < 4.78 is 37.2. The van der Waals surface area contributed by atoms with Crippen molar-refractivity contribution in [1.82, 2.24) is 4.83 Å². The number of nitrogens with one attached hydrogen (secondary N) is 1. The number of sulfonamides is 1. The zero-order valence-corrected chi connectivity index (χ0v) is 19.6. The maximum absolute atomic E-state index is 12.3. The number of nitrogens with zero attached hydrogens (tertiary/aromatic N) is 1. The molecule has 0 atom stereocenters. The summed E-state index contributed by atoms with van der Waals surface area (Å²) in [4.78, 5) is 2.38. The van der Waals surface area contributed by atoms with Gasteiger partial charge in [0.25, 0.3) is 10.0 Å². The van der Waals surface area contributed by atoms with Gasteiger partial charge in [-0.05, 0) is 67.4 Å². The van der Waals surface area contributed by atoms with E-state index in [1.54, 1.807) is 30.3 Å². The fourth-order valence-corrected chi connectivity index (χ4v) is 3.73. The molecule has 8 heteroatoms. The number of rotatable bonds is 9. The van der Waals surface area contributed by atoms with E-state index in [9.17, 15) is 8.42 Å². The number of hydrazone groups is 1. The van der Waals surface area contributed by atoms with Crippen LogP contribution in [0.3, 0.4) is 0 Å². The van der Waals surface area contributed by atoms with Gasteiger partial charge in [0.05, 0.1) is 17.7 Å². The van der Waals surface area contributed by atoms with Crippen LogP contribution in [0, 0.1) is 6.92 Å². The minimum atomic E-state index is -3.73. The molecule has 0 radical (unpaired) electrons. The van der Waals surface area contributed by atoms with E-state index in [2.05, 4.69) is 25.9 Å². The third kappa shape index (κ3) is 6.57. The largest absolute Gasteiger partial charge is 0.490 e. The lowest BCUT2D eigenvalue weighted by atomic mass is 10.2. The molecule has 0 amide bonds. The summed E-state index contributed by atoms with van der Waals surface area (Å²) >= 11 is 3.41. The van der Waals surface area contributed by atoms with Gasteiger partial charge in [0, 0.05) is 4.47 Å². The van der Waals surface area contributed by atoms with Crippen LogP contribution < -0.4 is 14.3 Å². The number of halogens is 1. The molecule has 162 valence electrons. The van der Waals surface area contributed by atoms with Gasteiger partial charge in [-0.3, -0.25) is 0 Å². The van der Waals surface area contributed by atoms with Gasteiger partial charge in [-0.15, -0.1) is 0 Å². The van der Waals surface area contributed by atoms with E-state index in [-0.39, 0.29) is 4.90 Å². The lowest BCUT2D eigenvalue weighted by Crippen LogP contribution is -2.18. The van der Waals surface area contributed by atoms with E-state index >= 15 is 0 Å². The number of hydrogen-bond acceptors (Lipinski definition) is 5. The van der Waals surface area contributed by atoms with Crippen LogP contribution in [-0.4, -0.2) is 21.2 Å². The molecule has 0 aliphatic carbocycles. The van der Waals surface area contributed by atoms with Crippen molar-refractivity contribution >= 4 is 32.2 Å². The summed E-state index contributed by atoms with van der Waals surface area (Å²) in [5, 5.41) is 3.88. The third-order valence-corrected chi connectivity index (χ3v) is 6.06. The van der Waals surface area contributed by atoms with E-state index in [1.807, 2.05) is 38.1 Å². The van der Waals surface area contributed by atoms with Gasteiger partial charge in [0.1, 0.15) is 6.61 Å². The Bertz CT molecular complexity index is 1150. The van der Waals surface area contributed by atoms with Crippen molar-refractivity contribution in [2.45, 2.75) is 25.3 Å². The summed E-state index contributed by atoms with van der Waals surface area (Å²) in [6, 6.07) is 19.7. The van der Waals surface area contributed by atoms with Crippen LogP contribution in [0.4, 0.5) is 0 Å². The van der Waals surface area contributed by atoms with E-state index < -0.39 is 10.0 Å². The second-order valence-electron chi connectivity index (χ2n) is 6.72. The zero-order valence-electron chi connectivity index (χ0n) is 17.2. The number of ether oxygens (including phenoxy) is 2. The molecule has 3 rings (SSSR count). The minimum Gasteiger partial charge on any atom is -0.490 e. The van der Waals surface area contributed by atoms with Crippen molar-refractivity contribution in [2.75, 3.05) is 6.61 Å². The molecule has 0 spiro atoms. The first-order chi connectivity index (χ1) is 14.9. The predicted octanol–water partition coefficient (Wildman–Crippen LogP) is 5.05. The minimum absolute atomic E-state index is 0.155. The predicted molar refractivity (Wildman–Crippen MR) is 125 cm³/mol. The molecule has 0 aliphatic heterocycles. The van der Waals surface area contributed by atoms with Gasteiger partial charge < -0.3 is 9.47 Å². The van der Waals surface area contributed by atoms with Crippen molar-refractivity contribution in [3.63, 3.8) is 0 Å². The highest BCUT2D eigenvalue weighted by Gasteiger charge is 2.12. The highest BCUT2D eigenvalue weighted by Crippen LogP contribution is 2.29. The summed E-state index contributed by atoms with van der Waals surface area (Å²) in [6.45, 7) is 4.64. The van der Waals surface area contributed by atoms with Crippen molar-refractivity contribution in [3.05, 3.63) is 87.9 Å². The normalized spacial score (nSPS) is 11.5. The Morgan fingerprint density at radius 1 is 0.968 bits per heavy atom. The zero-order chi connectivity index (χ0) is 22.3. The smallest absolute Gasteiger partial charge is 0.276 e. The van der Waals surface area contributed by atoms with Gasteiger partial charge >= 0.3 is 0 Å². The maximum Gasteiger partial charge on any atom is 0.276 e. The first-order valence-corrected chi connectivity index (χ1v) is 11.9. The molecule has 0 heterocycles. The molecule has 0 fully saturated rings. The summed E-state index contributed by atoms with van der Waals surface area (Å²) in [5.74, 6) is 1.16. The van der Waals surface area contributed by atoms with Gasteiger partial charge in [-0.2, -0.15) is 13.5 Å². The molecule has 0 bridgehead atoms. The molecule has 3 aromatic carbocycles. The molecular weight excluding hydrogens is 480 g/mol. The molecule has 31 heavy (non-hydrogen) atoms. The van der Waals surface area contributed by atoms with E-state index in [0.717, 1.165) is 15.6 Å². The second-order valence-corrected chi connectivity index (χ2v) is 9.30. The Kier molecular flexibility index (Phi) is 7.70. The lowest BCUT2D eigenvalue weighted by molar-refractivity contribution is 0.269. The average molecular weight is 503 g/mol. The standard InChI is InChI=1S/C23H23BrN2O4S/c1-3-29-23-14-19(8-13-22(23)30-16-18-6-9-20(24)10-7-18)15-25-26-31(27,28)21-11-4-17(2)5-12-21/h4-15,26H,3,16H2,1-2H3/b25-15-. The SMILES string of the molecule is CCOc1cc(/C=N\NS(=O)(=O)c2ccc(C)cc2)ccc1OCc1ccc(Br)cc1. The van der Waals surface area contributed by atoms with E-state index in [1.165, 1.54) is 18.3 Å². The molecule has 0 aromatic heterocycles. The summed E-state index contributed by atoms with van der Waals surface area (Å²) in [7, 11) is -3.73. The highest BCUT2D eigenvalue weighted by molar-refractivity contribution is 9.10.